The third-order valence-electron chi connectivity index (χ3n) is 2.18. The Kier molecular flexibility index (Phi) is 5.17. The van der Waals surface area contributed by atoms with Gasteiger partial charge in [0.25, 0.3) is 10.1 Å². The van der Waals surface area contributed by atoms with Crippen molar-refractivity contribution in [3.8, 4) is 11.5 Å². The van der Waals surface area contributed by atoms with Gasteiger partial charge in [0.2, 0.25) is 6.29 Å². The van der Waals surface area contributed by atoms with Crippen LogP contribution in [0.1, 0.15) is 24.7 Å². The zero-order valence-electron chi connectivity index (χ0n) is 11.0. The molecule has 0 fully saturated rings. The van der Waals surface area contributed by atoms with Gasteiger partial charge in [0.15, 0.2) is 16.7 Å². The van der Waals surface area contributed by atoms with Crippen LogP contribution in [0.2, 0.25) is 0 Å². The first kappa shape index (κ1) is 16.8. The molecule has 0 heterocycles. The summed E-state index contributed by atoms with van der Waals surface area (Å²) in [6.07, 6.45) is 1.16. The van der Waals surface area contributed by atoms with Gasteiger partial charge in [-0.1, -0.05) is 6.07 Å². The van der Waals surface area contributed by atoms with Crippen molar-refractivity contribution in [2.75, 3.05) is 0 Å². The van der Waals surface area contributed by atoms with Crippen LogP contribution in [-0.4, -0.2) is 31.2 Å². The van der Waals surface area contributed by atoms with E-state index in [2.05, 4.69) is 0 Å². The van der Waals surface area contributed by atoms with E-state index < -0.39 is 27.3 Å². The Balaban J connectivity index is 3.35. The van der Waals surface area contributed by atoms with Crippen LogP contribution in [0.3, 0.4) is 0 Å². The van der Waals surface area contributed by atoms with Crippen LogP contribution in [0.4, 0.5) is 0 Å². The molecule has 1 radical (unpaired) electrons. The third kappa shape index (κ3) is 4.65. The first-order valence-corrected chi connectivity index (χ1v) is 7.00. The summed E-state index contributed by atoms with van der Waals surface area (Å²) >= 11 is 0. The molecule has 1 unspecified atom stereocenters. The summed E-state index contributed by atoms with van der Waals surface area (Å²) < 4.78 is 40.6. The summed E-state index contributed by atoms with van der Waals surface area (Å²) in [6, 6.07) is 3.24. The number of esters is 2. The van der Waals surface area contributed by atoms with Crippen molar-refractivity contribution in [2.45, 2.75) is 19.1 Å². The molecule has 0 saturated heterocycles. The number of carbonyl (C=O) groups is 2. The van der Waals surface area contributed by atoms with Crippen molar-refractivity contribution in [2.24, 2.45) is 0 Å². The number of benzene rings is 1. The van der Waals surface area contributed by atoms with E-state index in [0.717, 1.165) is 38.3 Å². The molecule has 0 aliphatic rings. The van der Waals surface area contributed by atoms with Gasteiger partial charge in [0, 0.05) is 13.8 Å². The van der Waals surface area contributed by atoms with E-state index in [1.807, 2.05) is 0 Å². The minimum absolute atomic E-state index is 0.138. The fourth-order valence-electron chi connectivity index (χ4n) is 1.46. The molecule has 21 heavy (non-hydrogen) atoms. The first-order valence-electron chi connectivity index (χ1n) is 5.50. The van der Waals surface area contributed by atoms with Gasteiger partial charge >= 0.3 is 11.9 Å². The molecule has 0 aliphatic heterocycles. The smallest absolute Gasteiger partial charge is 0.308 e. The van der Waals surface area contributed by atoms with Crippen LogP contribution in [0, 0.1) is 0 Å². The summed E-state index contributed by atoms with van der Waals surface area (Å²) in [6.45, 7) is 2.20. The highest BCUT2D eigenvalue weighted by molar-refractivity contribution is 7.86. The highest BCUT2D eigenvalue weighted by Crippen LogP contribution is 2.32. The highest BCUT2D eigenvalue weighted by atomic mass is 32.2. The van der Waals surface area contributed by atoms with Gasteiger partial charge in [-0.25, -0.2) is 0 Å². The molecule has 0 spiro atoms. The molecule has 113 valence electrons. The summed E-state index contributed by atoms with van der Waals surface area (Å²) in [7, 11) is -4.72. The molecule has 0 aromatic heterocycles. The molecule has 1 N–H and O–H groups in total. The van der Waals surface area contributed by atoms with Crippen LogP contribution < -0.4 is 9.47 Å². The predicted octanol–water partition coefficient (Wildman–Crippen LogP) is 0.576. The summed E-state index contributed by atoms with van der Waals surface area (Å²) in [5.74, 6) is -1.84. The Bertz CT molecular complexity index is 676. The largest absolute Gasteiger partial charge is 0.423 e. The predicted molar refractivity (Wildman–Crippen MR) is 69.0 cm³/mol. The van der Waals surface area contributed by atoms with Crippen molar-refractivity contribution < 1.29 is 36.8 Å². The summed E-state index contributed by atoms with van der Waals surface area (Å²) in [4.78, 5) is 32.6. The quantitative estimate of drug-likeness (QED) is 0.475. The Hall–Kier alpha value is -2.26. The van der Waals surface area contributed by atoms with E-state index >= 15 is 0 Å². The van der Waals surface area contributed by atoms with E-state index in [1.54, 1.807) is 0 Å². The third-order valence-corrected chi connectivity index (χ3v) is 3.15. The van der Waals surface area contributed by atoms with Crippen molar-refractivity contribution in [1.82, 2.24) is 0 Å². The molecule has 1 aromatic rings. The zero-order chi connectivity index (χ0) is 16.2. The molecule has 0 aliphatic carbocycles. The summed E-state index contributed by atoms with van der Waals surface area (Å²) in [5, 5.41) is -1.96. The number of hydrogen-bond acceptors (Lipinski definition) is 7. The van der Waals surface area contributed by atoms with Gasteiger partial charge in [-0.2, -0.15) is 8.42 Å². The lowest BCUT2D eigenvalue weighted by molar-refractivity contribution is -0.134. The second kappa shape index (κ2) is 6.46. The average molecular weight is 315 g/mol. The van der Waals surface area contributed by atoms with E-state index in [0.29, 0.717) is 0 Å². The van der Waals surface area contributed by atoms with Gasteiger partial charge in [-0.05, 0) is 17.7 Å². The topological polar surface area (TPSA) is 124 Å². The maximum Gasteiger partial charge on any atom is 0.308 e. The van der Waals surface area contributed by atoms with E-state index in [4.69, 9.17) is 14.0 Å². The molecule has 0 bridgehead atoms. The van der Waals surface area contributed by atoms with E-state index in [-0.39, 0.29) is 17.1 Å². The number of hydrogen-bond donors (Lipinski definition) is 1. The van der Waals surface area contributed by atoms with Crippen molar-refractivity contribution in [3.05, 3.63) is 23.8 Å². The maximum absolute atomic E-state index is 11.1. The van der Waals surface area contributed by atoms with Crippen LogP contribution in [0.15, 0.2) is 18.2 Å². The molecule has 1 atom stereocenters. The molecule has 0 amide bonds. The minimum atomic E-state index is -4.72. The van der Waals surface area contributed by atoms with Gasteiger partial charge in [-0.3, -0.25) is 18.9 Å². The molecule has 1 rings (SSSR count). The fourth-order valence-corrected chi connectivity index (χ4v) is 2.07. The monoisotopic (exact) mass is 315 g/mol. The Labute approximate surface area is 120 Å². The minimum Gasteiger partial charge on any atom is -0.423 e. The molecular weight excluding hydrogens is 304 g/mol. The first-order chi connectivity index (χ1) is 9.65. The highest BCUT2D eigenvalue weighted by Gasteiger charge is 2.27. The van der Waals surface area contributed by atoms with Gasteiger partial charge in [0.05, 0.1) is 0 Å². The van der Waals surface area contributed by atoms with Crippen molar-refractivity contribution >= 4 is 28.3 Å². The number of ether oxygens (including phenoxy) is 2. The van der Waals surface area contributed by atoms with Crippen LogP contribution >= 0.6 is 0 Å². The number of carbonyl (C=O) groups excluding carboxylic acids is 3. The van der Waals surface area contributed by atoms with Gasteiger partial charge in [-0.15, -0.1) is 0 Å². The van der Waals surface area contributed by atoms with Crippen LogP contribution in [-0.2, 0) is 24.5 Å². The summed E-state index contributed by atoms with van der Waals surface area (Å²) in [5.41, 5.74) is -0.195. The lowest BCUT2D eigenvalue weighted by Gasteiger charge is -2.12. The molecule has 9 heteroatoms. The van der Waals surface area contributed by atoms with Crippen LogP contribution in [0.5, 0.6) is 11.5 Å². The van der Waals surface area contributed by atoms with Crippen molar-refractivity contribution in [3.63, 3.8) is 0 Å². The Morgan fingerprint density at radius 1 is 1.14 bits per heavy atom. The zero-order valence-corrected chi connectivity index (χ0v) is 11.8. The molecule has 8 nitrogen and oxygen atoms in total. The second-order valence-corrected chi connectivity index (χ2v) is 5.41. The lowest BCUT2D eigenvalue weighted by atomic mass is 10.1. The van der Waals surface area contributed by atoms with E-state index in [9.17, 15) is 22.8 Å². The average Bonchev–Trinajstić information content (AvgIpc) is 2.30. The SMILES string of the molecule is CC(=O)Oc1ccc(C([C]=O)S(=O)(=O)O)cc1OC(C)=O. The normalized spacial score (nSPS) is 12.3. The van der Waals surface area contributed by atoms with Gasteiger partial charge in [0.1, 0.15) is 0 Å². The molecule has 1 aromatic carbocycles. The second-order valence-electron chi connectivity index (χ2n) is 3.91. The Morgan fingerprint density at radius 3 is 2.10 bits per heavy atom. The maximum atomic E-state index is 11.1. The molecular formula is C12H11O8S. The Morgan fingerprint density at radius 2 is 1.67 bits per heavy atom. The van der Waals surface area contributed by atoms with Crippen LogP contribution in [0.25, 0.3) is 0 Å². The van der Waals surface area contributed by atoms with Gasteiger partial charge < -0.3 is 9.47 Å². The standard InChI is InChI=1S/C12H11O8S/c1-7(14)19-10-4-3-9(5-11(10)20-8(2)15)12(6-13)21(16,17)18/h3-5,12H,1-2H3,(H,16,17,18). The van der Waals surface area contributed by atoms with E-state index in [1.165, 1.54) is 0 Å². The lowest BCUT2D eigenvalue weighted by Crippen LogP contribution is -2.14. The molecule has 0 saturated carbocycles. The fraction of sp³-hybridized carbons (Fsp3) is 0.250. The van der Waals surface area contributed by atoms with Crippen molar-refractivity contribution in [1.29, 1.82) is 0 Å². The number of rotatable bonds is 5.